The third-order valence-corrected chi connectivity index (χ3v) is 0.939. The molecule has 0 amide bonds. The van der Waals surface area contributed by atoms with Gasteiger partial charge in [0.1, 0.15) is 0 Å². The Bertz CT molecular complexity index is 116. The Morgan fingerprint density at radius 2 is 1.75 bits per heavy atom. The molecule has 0 bridgehead atoms. The predicted octanol–water partition coefficient (Wildman–Crippen LogP) is 1.03. The normalized spacial score (nSPS) is 11.5. The molecule has 0 fully saturated rings. The first-order valence-corrected chi connectivity index (χ1v) is 2.52. The van der Waals surface area contributed by atoms with Crippen LogP contribution in [-0.4, -0.2) is 21.1 Å². The maximum atomic E-state index is 11.3. The topological polar surface area (TPSA) is 23.8 Å². The van der Waals surface area contributed by atoms with Crippen LogP contribution in [0.2, 0.25) is 0 Å². The van der Waals surface area contributed by atoms with Crippen molar-refractivity contribution in [1.29, 1.82) is 4.89 Å². The molecular formula is C2HF4NSi. The molecule has 46 valence electrons. The second-order valence-electron chi connectivity index (χ2n) is 1.04. The van der Waals surface area contributed by atoms with Crippen LogP contribution < -0.4 is 0 Å². The standard InChI is InChI=1S/C2HF4NSi/c3-1(4)2(5,6)8-7/h1H. The van der Waals surface area contributed by atoms with Crippen molar-refractivity contribution >= 4 is 9.15 Å². The van der Waals surface area contributed by atoms with Gasteiger partial charge in [-0.1, -0.05) is 0 Å². The molecular weight excluding hydrogens is 142 g/mol. The predicted molar refractivity (Wildman–Crippen MR) is 18.4 cm³/mol. The number of alkyl halides is 4. The maximum Gasteiger partial charge on any atom is 0.363 e. The van der Waals surface area contributed by atoms with E-state index in [9.17, 15) is 17.6 Å². The third kappa shape index (κ3) is 1.63. The average Bonchev–Trinajstić information content (AvgIpc) is 1.67. The van der Waals surface area contributed by atoms with Crippen molar-refractivity contribution in [3.63, 3.8) is 0 Å². The molecule has 0 aliphatic heterocycles. The molecule has 0 aromatic heterocycles. The number of rotatable bonds is 1. The second-order valence-corrected chi connectivity index (χ2v) is 1.93. The van der Waals surface area contributed by atoms with Crippen molar-refractivity contribution in [2.75, 3.05) is 0 Å². The molecule has 0 spiro atoms. The summed E-state index contributed by atoms with van der Waals surface area (Å²) < 4.78 is 44.4. The summed E-state index contributed by atoms with van der Waals surface area (Å²) in [7, 11) is -2.02. The highest BCUT2D eigenvalue weighted by molar-refractivity contribution is 6.19. The minimum absolute atomic E-state index is 2.02. The fourth-order valence-electron chi connectivity index (χ4n) is 0.0488. The Hall–Kier alpha value is -0.353. The Morgan fingerprint density at radius 1 is 1.38 bits per heavy atom. The highest BCUT2D eigenvalue weighted by Crippen LogP contribution is 2.17. The Morgan fingerprint density at radius 3 is 1.75 bits per heavy atom. The van der Waals surface area contributed by atoms with Crippen LogP contribution in [0.15, 0.2) is 0 Å². The largest absolute Gasteiger partial charge is 0.363 e. The van der Waals surface area contributed by atoms with E-state index in [4.69, 9.17) is 4.89 Å². The van der Waals surface area contributed by atoms with E-state index < -0.39 is 21.1 Å². The van der Waals surface area contributed by atoms with E-state index >= 15 is 0 Å². The van der Waals surface area contributed by atoms with Crippen molar-refractivity contribution < 1.29 is 17.6 Å². The lowest BCUT2D eigenvalue weighted by molar-refractivity contribution is -0.0648. The monoisotopic (exact) mass is 143 g/mol. The molecule has 0 aromatic rings. The van der Waals surface area contributed by atoms with E-state index in [-0.39, 0.29) is 0 Å². The number of hydrogen-bond acceptors (Lipinski definition) is 1. The lowest BCUT2D eigenvalue weighted by Crippen LogP contribution is -2.27. The lowest BCUT2D eigenvalue weighted by atomic mass is 10.7. The van der Waals surface area contributed by atoms with Gasteiger partial charge < -0.3 is 0 Å². The molecule has 0 aromatic carbocycles. The van der Waals surface area contributed by atoms with Gasteiger partial charge >= 0.3 is 12.0 Å². The summed E-state index contributed by atoms with van der Waals surface area (Å²) in [4.78, 5) is 7.56. The van der Waals surface area contributed by atoms with Crippen LogP contribution in [0.25, 0.3) is 0 Å². The van der Waals surface area contributed by atoms with Gasteiger partial charge in [0.25, 0.3) is 9.15 Å². The molecule has 6 heteroatoms. The number of hydrogen-bond donors (Lipinski definition) is 0. The maximum absolute atomic E-state index is 11.3. The highest BCUT2D eigenvalue weighted by atomic mass is 28.2. The molecule has 0 radical (unpaired) electrons. The number of nitrogens with zero attached hydrogens (tertiary/aromatic N) is 1. The zero-order chi connectivity index (χ0) is 6.78. The quantitative estimate of drug-likeness (QED) is 0.397. The molecule has 1 nitrogen and oxygen atoms in total. The highest BCUT2D eigenvalue weighted by Gasteiger charge is 2.40. The fraction of sp³-hybridized carbons (Fsp3) is 1.00. The summed E-state index contributed by atoms with van der Waals surface area (Å²) in [5.41, 5.74) is -4.21. The van der Waals surface area contributed by atoms with Gasteiger partial charge in [0.2, 0.25) is 0 Å². The van der Waals surface area contributed by atoms with Crippen molar-refractivity contribution in [1.82, 2.24) is 0 Å². The van der Waals surface area contributed by atoms with E-state index in [1.54, 1.807) is 0 Å². The minimum atomic E-state index is -4.21. The van der Waals surface area contributed by atoms with Crippen LogP contribution >= 0.6 is 0 Å². The molecule has 8 heavy (non-hydrogen) atoms. The third-order valence-electron chi connectivity index (χ3n) is 0.423. The van der Waals surface area contributed by atoms with E-state index in [0.29, 0.717) is 0 Å². The molecule has 0 saturated heterocycles. The summed E-state index contributed by atoms with van der Waals surface area (Å²) in [5, 5.41) is 0. The molecule has 0 aliphatic carbocycles. The summed E-state index contributed by atoms with van der Waals surface area (Å²) in [5.74, 6) is 0. The molecule has 0 saturated carbocycles. The van der Waals surface area contributed by atoms with Gasteiger partial charge in [0.15, 0.2) is 0 Å². The van der Waals surface area contributed by atoms with Gasteiger partial charge in [-0.3, -0.25) is 4.89 Å². The molecule has 0 heterocycles. The zero-order valence-corrected chi connectivity index (χ0v) is 4.54. The average molecular weight is 143 g/mol. The van der Waals surface area contributed by atoms with Crippen LogP contribution in [0.5, 0.6) is 0 Å². The van der Waals surface area contributed by atoms with Crippen LogP contribution in [0.4, 0.5) is 17.6 Å². The van der Waals surface area contributed by atoms with Crippen molar-refractivity contribution in [3.8, 4) is 0 Å². The summed E-state index contributed by atoms with van der Waals surface area (Å²) in [6, 6.07) is 0. The Kier molecular flexibility index (Phi) is 2.18. The van der Waals surface area contributed by atoms with Crippen molar-refractivity contribution in [2.24, 2.45) is 0 Å². The van der Waals surface area contributed by atoms with Crippen molar-refractivity contribution in [3.05, 3.63) is 0 Å². The molecule has 0 aliphatic rings. The van der Waals surface area contributed by atoms with Gasteiger partial charge in [0, 0.05) is 0 Å². The summed E-state index contributed by atoms with van der Waals surface area (Å²) in [6.45, 7) is 0. The first-order valence-electron chi connectivity index (χ1n) is 1.58. The van der Waals surface area contributed by atoms with Gasteiger partial charge in [-0.15, -0.1) is 0 Å². The van der Waals surface area contributed by atoms with Crippen LogP contribution in [0.1, 0.15) is 0 Å². The zero-order valence-electron chi connectivity index (χ0n) is 3.54. The molecule has 0 unspecified atom stereocenters. The van der Waals surface area contributed by atoms with E-state index in [1.807, 2.05) is 0 Å². The van der Waals surface area contributed by atoms with Gasteiger partial charge in [-0.05, 0) is 0 Å². The first-order chi connectivity index (χ1) is 3.50. The van der Waals surface area contributed by atoms with Gasteiger partial charge in [-0.25, -0.2) is 8.78 Å². The van der Waals surface area contributed by atoms with E-state index in [1.165, 1.54) is 0 Å². The Labute approximate surface area is 44.7 Å². The summed E-state index contributed by atoms with van der Waals surface area (Å²) >= 11 is 0. The summed E-state index contributed by atoms with van der Waals surface area (Å²) in [6.07, 6.45) is -3.76. The van der Waals surface area contributed by atoms with Crippen LogP contribution in [0, 0.1) is 4.89 Å². The van der Waals surface area contributed by atoms with Crippen molar-refractivity contribution in [2.45, 2.75) is 12.0 Å². The SMILES string of the molecule is N#[Si]C(F)(F)C(F)F. The lowest BCUT2D eigenvalue weighted by Gasteiger charge is -2.02. The second kappa shape index (κ2) is 2.28. The van der Waals surface area contributed by atoms with Crippen LogP contribution in [-0.2, 0) is 0 Å². The molecule has 0 atom stereocenters. The van der Waals surface area contributed by atoms with Crippen LogP contribution in [0.3, 0.4) is 0 Å². The van der Waals surface area contributed by atoms with Gasteiger partial charge in [-0.2, -0.15) is 8.78 Å². The molecule has 0 rings (SSSR count). The van der Waals surface area contributed by atoms with E-state index in [0.717, 1.165) is 0 Å². The smallest absolute Gasteiger partial charge is 0.278 e. The van der Waals surface area contributed by atoms with Gasteiger partial charge in [0.05, 0.1) is 0 Å². The first kappa shape index (κ1) is 7.65. The fourth-order valence-corrected chi connectivity index (χ4v) is 0.146. The van der Waals surface area contributed by atoms with E-state index in [2.05, 4.69) is 0 Å². The molecule has 0 N–H and O–H groups in total. The Balaban J connectivity index is 3.97. The minimum Gasteiger partial charge on any atom is -0.278 e. The number of halogens is 4.